The molecule has 0 radical (unpaired) electrons. The standard InChI is InChI=1S/C56H64N12P4/c1-9-25-49(26-10-1)41-57-69(58-42-50-27-11-2-12-28-50)65-70(59-43-51-29-13-3-14-30-51,60-44-52-31-15-4-16-32-52)67-72(63-47-55-37-21-7-22-38-55,64-48-56-39-23-8-24-40-56)68-71(66-69,61-45-53-33-17-5-18-34-53)62-46-54-35-19-6-20-36-54/h1-40,57,59,61,63,65-68H,41-48H2. The molecule has 368 valence electrons. The van der Waals surface area contributed by atoms with Crippen LogP contribution in [0.15, 0.2) is 262 Å². The van der Waals surface area contributed by atoms with Crippen LogP contribution in [-0.2, 0) is 52.4 Å². The first-order valence-electron chi connectivity index (χ1n) is 24.3. The molecule has 0 spiro atoms. The lowest BCUT2D eigenvalue weighted by Gasteiger charge is -2.47. The Morgan fingerprint density at radius 3 is 0.542 bits per heavy atom. The van der Waals surface area contributed by atoms with Gasteiger partial charge in [-0.25, -0.2) is 0 Å². The first-order chi connectivity index (χ1) is 35.5. The van der Waals surface area contributed by atoms with Crippen molar-refractivity contribution in [1.29, 1.82) is 0 Å². The summed E-state index contributed by atoms with van der Waals surface area (Å²) in [6, 6.07) is 83.9. The van der Waals surface area contributed by atoms with Gasteiger partial charge in [0.05, 0.1) is 26.2 Å². The Hall–Kier alpha value is -5.64. The molecule has 1 aliphatic heterocycles. The van der Waals surface area contributed by atoms with Gasteiger partial charge in [0.2, 0.25) is 0 Å². The zero-order valence-electron chi connectivity index (χ0n) is 40.3. The summed E-state index contributed by atoms with van der Waals surface area (Å²) in [5.41, 5.74) is 8.80. The molecule has 12 nitrogen and oxygen atoms in total. The van der Waals surface area contributed by atoms with Gasteiger partial charge >= 0.3 is 0 Å². The van der Waals surface area contributed by atoms with Crippen LogP contribution in [0.5, 0.6) is 0 Å². The van der Waals surface area contributed by atoms with Crippen LogP contribution >= 0.6 is 30.0 Å². The number of nitrogens with zero attached hydrogens (tertiary/aromatic N) is 4. The topological polar surface area (TPSA) is 146 Å². The van der Waals surface area contributed by atoms with E-state index in [1.165, 1.54) is 0 Å². The maximum Gasteiger partial charge on any atom is 0.173 e. The summed E-state index contributed by atoms with van der Waals surface area (Å²) < 4.78 is 23.4. The molecule has 1 heterocycles. The summed E-state index contributed by atoms with van der Waals surface area (Å²) in [5.74, 6) is 0. The Morgan fingerprint density at radius 1 is 0.222 bits per heavy atom. The van der Waals surface area contributed by atoms with Gasteiger partial charge in [-0.05, 0) is 44.5 Å². The third kappa shape index (κ3) is 15.2. The molecule has 8 aromatic carbocycles. The molecule has 16 heteroatoms. The molecule has 0 aromatic heterocycles. The van der Waals surface area contributed by atoms with Crippen LogP contribution in [0.2, 0.25) is 0 Å². The van der Waals surface area contributed by atoms with Crippen LogP contribution < -0.4 is 39.8 Å². The van der Waals surface area contributed by atoms with Crippen molar-refractivity contribution in [3.8, 4) is 0 Å². The van der Waals surface area contributed by atoms with Crippen LogP contribution in [0.3, 0.4) is 0 Å². The van der Waals surface area contributed by atoms with E-state index in [1.807, 2.05) is 24.3 Å². The number of benzene rings is 8. The SMILES string of the molecule is c1ccc(CN=P2(NCc3ccccc3)NP(=NCc3ccccc3)(NCc3ccccc3)NP(=NCc3ccccc3)(NCc3ccccc3)NP(=NCc3ccccc3)(NCc3ccccc3)N2)cc1. The Kier molecular flexibility index (Phi) is 18.4. The second kappa shape index (κ2) is 25.8. The van der Waals surface area contributed by atoms with E-state index >= 15 is 0 Å². The molecule has 8 aromatic rings. The fraction of sp³-hybridized carbons (Fsp3) is 0.143. The summed E-state index contributed by atoms with van der Waals surface area (Å²) in [6.07, 6.45) is 0. The van der Waals surface area contributed by atoms with Gasteiger partial charge in [-0.1, -0.05) is 243 Å². The molecule has 0 unspecified atom stereocenters. The fourth-order valence-corrected chi connectivity index (χ4v) is 24.8. The second-order valence-corrected chi connectivity index (χ2v) is 28.0. The normalized spacial score (nSPS) is 20.9. The average molecular weight is 1030 g/mol. The van der Waals surface area contributed by atoms with Crippen molar-refractivity contribution in [2.24, 2.45) is 19.0 Å². The van der Waals surface area contributed by atoms with Crippen molar-refractivity contribution in [3.05, 3.63) is 287 Å². The fourth-order valence-electron chi connectivity index (χ4n) is 7.95. The number of hydrogen-bond donors (Lipinski definition) is 8. The van der Waals surface area contributed by atoms with E-state index < -0.39 is 30.0 Å². The number of hydrogen-bond acceptors (Lipinski definition) is 4. The Bertz CT molecular complexity index is 2670. The minimum absolute atomic E-state index is 0.413. The maximum absolute atomic E-state index is 5.86. The quantitative estimate of drug-likeness (QED) is 0.0352. The molecule has 0 saturated carbocycles. The van der Waals surface area contributed by atoms with Gasteiger partial charge in [-0.15, -0.1) is 0 Å². The van der Waals surface area contributed by atoms with E-state index in [4.69, 9.17) is 19.0 Å². The van der Waals surface area contributed by atoms with Crippen molar-refractivity contribution in [1.82, 2.24) is 39.8 Å². The molecule has 9 rings (SSSR count). The van der Waals surface area contributed by atoms with Gasteiger partial charge < -0.3 is 0 Å². The van der Waals surface area contributed by atoms with E-state index in [9.17, 15) is 0 Å². The minimum atomic E-state index is -3.25. The Morgan fingerprint density at radius 2 is 0.375 bits per heavy atom. The smallest absolute Gasteiger partial charge is 0.173 e. The van der Waals surface area contributed by atoms with E-state index in [-0.39, 0.29) is 0 Å². The zero-order valence-corrected chi connectivity index (χ0v) is 43.9. The average Bonchev–Trinajstić information content (AvgIpc) is 3.45. The van der Waals surface area contributed by atoms with Crippen LogP contribution in [0.4, 0.5) is 0 Å². The van der Waals surface area contributed by atoms with E-state index in [2.05, 4.69) is 258 Å². The van der Waals surface area contributed by atoms with Gasteiger partial charge in [0.15, 0.2) is 30.0 Å². The van der Waals surface area contributed by atoms with Crippen LogP contribution in [0, 0.1) is 0 Å². The molecule has 1 fully saturated rings. The highest BCUT2D eigenvalue weighted by molar-refractivity contribution is 7.90. The highest BCUT2D eigenvalue weighted by Gasteiger charge is 2.44. The predicted octanol–water partition coefficient (Wildman–Crippen LogP) is 14.1. The lowest BCUT2D eigenvalue weighted by atomic mass is 10.2. The van der Waals surface area contributed by atoms with Crippen molar-refractivity contribution in [2.75, 3.05) is 0 Å². The third-order valence-corrected chi connectivity index (χ3v) is 25.8. The van der Waals surface area contributed by atoms with Gasteiger partial charge in [0, 0.05) is 26.2 Å². The van der Waals surface area contributed by atoms with E-state index in [0.717, 1.165) is 44.5 Å². The van der Waals surface area contributed by atoms with Gasteiger partial charge in [0.1, 0.15) is 0 Å². The molecule has 1 aliphatic rings. The Balaban J connectivity index is 1.33. The molecular formula is C56H64N12P4. The largest absolute Gasteiger partial charge is 0.256 e. The molecule has 0 bridgehead atoms. The highest BCUT2D eigenvalue weighted by Crippen LogP contribution is 2.67. The first-order valence-corrected chi connectivity index (χ1v) is 31.2. The summed E-state index contributed by atoms with van der Waals surface area (Å²) in [6.45, 7) is 3.68. The van der Waals surface area contributed by atoms with E-state index in [0.29, 0.717) is 52.4 Å². The molecule has 0 amide bonds. The summed E-state index contributed by atoms with van der Waals surface area (Å²) in [7, 11) is -13.0. The van der Waals surface area contributed by atoms with Gasteiger partial charge in [-0.2, -0.15) is 19.4 Å². The molecule has 0 atom stereocenters. The van der Waals surface area contributed by atoms with Crippen LogP contribution in [0.1, 0.15) is 44.5 Å². The molecule has 0 aliphatic carbocycles. The highest BCUT2D eigenvalue weighted by atomic mass is 31.3. The molecule has 72 heavy (non-hydrogen) atoms. The van der Waals surface area contributed by atoms with Gasteiger partial charge in [-0.3, -0.25) is 39.3 Å². The predicted molar refractivity (Wildman–Crippen MR) is 304 cm³/mol. The monoisotopic (exact) mass is 1030 g/mol. The third-order valence-electron chi connectivity index (χ3n) is 11.8. The lowest BCUT2D eigenvalue weighted by molar-refractivity contribution is 0.860. The van der Waals surface area contributed by atoms with E-state index in [1.54, 1.807) is 0 Å². The minimum Gasteiger partial charge on any atom is -0.256 e. The molecule has 8 N–H and O–H groups in total. The summed E-state index contributed by atoms with van der Waals surface area (Å²) in [5, 5.41) is 16.4. The first kappa shape index (κ1) is 51.3. The lowest BCUT2D eigenvalue weighted by Crippen LogP contribution is -2.46. The van der Waals surface area contributed by atoms with Crippen LogP contribution in [-0.4, -0.2) is 0 Å². The molecule has 1 saturated heterocycles. The van der Waals surface area contributed by atoms with Crippen molar-refractivity contribution in [2.45, 2.75) is 52.4 Å². The summed E-state index contributed by atoms with van der Waals surface area (Å²) >= 11 is 0. The number of nitrogens with one attached hydrogen (secondary N) is 8. The van der Waals surface area contributed by atoms with Crippen molar-refractivity contribution in [3.63, 3.8) is 0 Å². The van der Waals surface area contributed by atoms with Crippen molar-refractivity contribution < 1.29 is 0 Å². The van der Waals surface area contributed by atoms with Crippen molar-refractivity contribution >= 4 is 30.0 Å². The summed E-state index contributed by atoms with van der Waals surface area (Å²) in [4.78, 5) is 17.3. The van der Waals surface area contributed by atoms with Gasteiger partial charge in [0.25, 0.3) is 0 Å². The Labute approximate surface area is 426 Å². The van der Waals surface area contributed by atoms with Crippen LogP contribution in [0.25, 0.3) is 0 Å². The zero-order chi connectivity index (χ0) is 49.0. The number of rotatable bonds is 20. The second-order valence-electron chi connectivity index (χ2n) is 17.4. The molecular weight excluding hydrogens is 965 g/mol. The maximum atomic E-state index is 5.86.